The Morgan fingerprint density at radius 2 is 1.71 bits per heavy atom. The van der Waals surface area contributed by atoms with Gasteiger partial charge < -0.3 is 14.2 Å². The molecule has 4 heteroatoms. The number of aromatic nitrogens is 1. The van der Waals surface area contributed by atoms with E-state index in [4.69, 9.17) is 9.40 Å². The average Bonchev–Trinajstić information content (AvgIpc) is 2.82. The van der Waals surface area contributed by atoms with Gasteiger partial charge in [0.05, 0.1) is 0 Å². The van der Waals surface area contributed by atoms with Crippen molar-refractivity contribution in [2.75, 3.05) is 31.1 Å². The van der Waals surface area contributed by atoms with Crippen LogP contribution in [-0.2, 0) is 0 Å². The molecule has 2 bridgehead atoms. The molecule has 24 heavy (non-hydrogen) atoms. The van der Waals surface area contributed by atoms with E-state index in [0.717, 1.165) is 30.2 Å². The van der Waals surface area contributed by atoms with Crippen LogP contribution in [0.1, 0.15) is 12.8 Å². The highest BCUT2D eigenvalue weighted by Gasteiger charge is 2.31. The molecule has 4 nitrogen and oxygen atoms in total. The third-order valence-electron chi connectivity index (χ3n) is 5.38. The van der Waals surface area contributed by atoms with Gasteiger partial charge >= 0.3 is 0 Å². The van der Waals surface area contributed by atoms with Crippen molar-refractivity contribution < 1.29 is 4.42 Å². The Bertz CT molecular complexity index is 850. The molecule has 122 valence electrons. The molecule has 4 heterocycles. The quantitative estimate of drug-likeness (QED) is 0.719. The van der Waals surface area contributed by atoms with Gasteiger partial charge in [0, 0.05) is 32.2 Å². The summed E-state index contributed by atoms with van der Waals surface area (Å²) in [7, 11) is 0. The zero-order valence-corrected chi connectivity index (χ0v) is 13.7. The van der Waals surface area contributed by atoms with Crippen molar-refractivity contribution in [2.24, 2.45) is 0 Å². The van der Waals surface area contributed by atoms with Crippen LogP contribution in [0.15, 0.2) is 52.9 Å². The molecule has 2 aromatic carbocycles. The van der Waals surface area contributed by atoms with Crippen LogP contribution in [0.4, 0.5) is 6.01 Å². The Hall–Kier alpha value is -2.33. The second-order valence-corrected chi connectivity index (χ2v) is 6.81. The molecule has 0 radical (unpaired) electrons. The maximum absolute atomic E-state index is 6.10. The zero-order chi connectivity index (χ0) is 15.9. The Kier molecular flexibility index (Phi) is 3.30. The Morgan fingerprint density at radius 1 is 0.875 bits per heavy atom. The smallest absolute Gasteiger partial charge is 0.298 e. The largest absolute Gasteiger partial charge is 0.423 e. The standard InChI is InChI=1S/C20H21N3O/c1-2-4-15(5-3-1)16-6-7-19-18(14-16)21-20(24-19)23-13-12-22-10-8-17(23)9-11-22/h1-7,14,17H,8-13H2. The predicted molar refractivity (Wildman–Crippen MR) is 96.3 cm³/mol. The molecule has 3 aromatic rings. The summed E-state index contributed by atoms with van der Waals surface area (Å²) in [5, 5.41) is 0. The minimum absolute atomic E-state index is 0.574. The first kappa shape index (κ1) is 14.1. The van der Waals surface area contributed by atoms with Crippen molar-refractivity contribution in [3.8, 4) is 11.1 Å². The van der Waals surface area contributed by atoms with Crippen LogP contribution in [0.5, 0.6) is 0 Å². The molecule has 0 unspecified atom stereocenters. The summed E-state index contributed by atoms with van der Waals surface area (Å²) in [5.41, 5.74) is 4.23. The number of fused-ring (bicyclic) bond motifs is 5. The summed E-state index contributed by atoms with van der Waals surface area (Å²) in [6.45, 7) is 4.55. The summed E-state index contributed by atoms with van der Waals surface area (Å²) in [5.74, 6) is 0. The van der Waals surface area contributed by atoms with Gasteiger partial charge in [-0.2, -0.15) is 4.98 Å². The molecule has 3 saturated heterocycles. The van der Waals surface area contributed by atoms with Crippen LogP contribution in [0.3, 0.4) is 0 Å². The molecule has 3 fully saturated rings. The lowest BCUT2D eigenvalue weighted by atomic mass is 10.1. The van der Waals surface area contributed by atoms with Crippen LogP contribution in [0.25, 0.3) is 22.2 Å². The maximum atomic E-state index is 6.10. The van der Waals surface area contributed by atoms with Gasteiger partial charge in [0.1, 0.15) is 5.52 Å². The third-order valence-corrected chi connectivity index (χ3v) is 5.38. The first-order valence-corrected chi connectivity index (χ1v) is 8.82. The van der Waals surface area contributed by atoms with Crippen LogP contribution in [0.2, 0.25) is 0 Å². The van der Waals surface area contributed by atoms with Crippen molar-refractivity contribution in [1.82, 2.24) is 9.88 Å². The number of hydrogen-bond acceptors (Lipinski definition) is 4. The second-order valence-electron chi connectivity index (χ2n) is 6.81. The van der Waals surface area contributed by atoms with Gasteiger partial charge in [-0.1, -0.05) is 36.4 Å². The molecular formula is C20H21N3O. The topological polar surface area (TPSA) is 32.5 Å². The fourth-order valence-electron chi connectivity index (χ4n) is 3.99. The van der Waals surface area contributed by atoms with Gasteiger partial charge in [-0.25, -0.2) is 0 Å². The summed E-state index contributed by atoms with van der Waals surface area (Å²) >= 11 is 0. The normalized spacial score (nSPS) is 23.6. The van der Waals surface area contributed by atoms with E-state index in [2.05, 4.69) is 46.2 Å². The Balaban J connectivity index is 1.52. The molecule has 0 amide bonds. The molecule has 1 aromatic heterocycles. The van der Waals surface area contributed by atoms with Gasteiger partial charge in [-0.05, 0) is 36.1 Å². The van der Waals surface area contributed by atoms with E-state index < -0.39 is 0 Å². The third kappa shape index (κ3) is 2.38. The molecular weight excluding hydrogens is 298 g/mol. The lowest BCUT2D eigenvalue weighted by molar-refractivity contribution is 0.249. The van der Waals surface area contributed by atoms with Crippen molar-refractivity contribution in [3.05, 3.63) is 48.5 Å². The van der Waals surface area contributed by atoms with E-state index in [9.17, 15) is 0 Å². The summed E-state index contributed by atoms with van der Waals surface area (Å²) in [4.78, 5) is 9.75. The van der Waals surface area contributed by atoms with E-state index in [-0.39, 0.29) is 0 Å². The number of benzene rings is 2. The van der Waals surface area contributed by atoms with E-state index in [0.29, 0.717) is 6.04 Å². The summed E-state index contributed by atoms with van der Waals surface area (Å²) < 4.78 is 6.10. The van der Waals surface area contributed by atoms with Gasteiger partial charge in [-0.15, -0.1) is 0 Å². The van der Waals surface area contributed by atoms with Gasteiger partial charge in [-0.3, -0.25) is 0 Å². The number of hydrogen-bond donors (Lipinski definition) is 0. The number of nitrogens with zero attached hydrogens (tertiary/aromatic N) is 3. The first-order valence-electron chi connectivity index (χ1n) is 8.82. The van der Waals surface area contributed by atoms with Crippen LogP contribution in [-0.4, -0.2) is 42.1 Å². The Labute approximate surface area is 141 Å². The summed E-state index contributed by atoms with van der Waals surface area (Å²) in [6.07, 6.45) is 2.43. The van der Waals surface area contributed by atoms with E-state index in [1.54, 1.807) is 0 Å². The van der Waals surface area contributed by atoms with E-state index >= 15 is 0 Å². The number of piperidine rings is 1. The number of rotatable bonds is 2. The van der Waals surface area contributed by atoms with Crippen LogP contribution >= 0.6 is 0 Å². The van der Waals surface area contributed by atoms with E-state index in [1.807, 2.05) is 12.1 Å². The SMILES string of the molecule is c1ccc(-c2ccc3oc(N4CCN5CCC4CC5)nc3c2)cc1. The van der Waals surface area contributed by atoms with Crippen molar-refractivity contribution in [1.29, 1.82) is 0 Å². The fourth-order valence-corrected chi connectivity index (χ4v) is 3.99. The minimum atomic E-state index is 0.574. The van der Waals surface area contributed by atoms with Crippen molar-refractivity contribution >= 4 is 17.1 Å². The minimum Gasteiger partial charge on any atom is -0.423 e. The molecule has 6 rings (SSSR count). The molecule has 0 atom stereocenters. The fraction of sp³-hybridized carbons (Fsp3) is 0.350. The summed E-state index contributed by atoms with van der Waals surface area (Å²) in [6, 6.07) is 18.1. The second kappa shape index (κ2) is 5.64. The predicted octanol–water partition coefficient (Wildman–Crippen LogP) is 3.78. The van der Waals surface area contributed by atoms with Crippen molar-refractivity contribution in [3.63, 3.8) is 0 Å². The Morgan fingerprint density at radius 3 is 2.54 bits per heavy atom. The zero-order valence-electron chi connectivity index (χ0n) is 13.7. The highest BCUT2D eigenvalue weighted by molar-refractivity contribution is 5.81. The molecule has 0 aliphatic carbocycles. The molecule has 3 aliphatic heterocycles. The molecule has 0 spiro atoms. The van der Waals surface area contributed by atoms with Gasteiger partial charge in [0.15, 0.2) is 5.58 Å². The van der Waals surface area contributed by atoms with Crippen LogP contribution < -0.4 is 4.90 Å². The molecule has 0 saturated carbocycles. The molecule has 3 aliphatic rings. The van der Waals surface area contributed by atoms with Crippen molar-refractivity contribution in [2.45, 2.75) is 18.9 Å². The number of anilines is 1. The van der Waals surface area contributed by atoms with Crippen LogP contribution in [0, 0.1) is 0 Å². The highest BCUT2D eigenvalue weighted by atomic mass is 16.4. The van der Waals surface area contributed by atoms with Gasteiger partial charge in [0.25, 0.3) is 6.01 Å². The highest BCUT2D eigenvalue weighted by Crippen LogP contribution is 2.31. The van der Waals surface area contributed by atoms with Gasteiger partial charge in [0.2, 0.25) is 0 Å². The number of oxazole rings is 1. The lowest BCUT2D eigenvalue weighted by Crippen LogP contribution is -2.38. The lowest BCUT2D eigenvalue weighted by Gasteiger charge is -2.30. The average molecular weight is 319 g/mol. The molecule has 0 N–H and O–H groups in total. The maximum Gasteiger partial charge on any atom is 0.298 e. The van der Waals surface area contributed by atoms with E-state index in [1.165, 1.54) is 37.1 Å². The monoisotopic (exact) mass is 319 g/mol. The first-order chi connectivity index (χ1) is 11.9.